The second kappa shape index (κ2) is 10.6. The van der Waals surface area contributed by atoms with Crippen molar-refractivity contribution in [1.29, 1.82) is 0 Å². The molecule has 0 aromatic heterocycles. The zero-order chi connectivity index (χ0) is 18.9. The molecule has 0 saturated heterocycles. The Hall–Kier alpha value is -1.72. The first kappa shape index (κ1) is 20.0. The minimum Gasteiger partial charge on any atom is -0.489 e. The van der Waals surface area contributed by atoms with E-state index < -0.39 is 0 Å². The van der Waals surface area contributed by atoms with Crippen molar-refractivity contribution in [2.75, 3.05) is 4.43 Å². The molecule has 3 aromatic carbocycles. The zero-order valence-electron chi connectivity index (χ0n) is 15.0. The van der Waals surface area contributed by atoms with E-state index in [1.165, 1.54) is 16.4 Å². The molecule has 27 heavy (non-hydrogen) atoms. The van der Waals surface area contributed by atoms with Gasteiger partial charge in [-0.1, -0.05) is 76.7 Å². The molecule has 0 aliphatic rings. The maximum atomic E-state index is 6.42. The van der Waals surface area contributed by atoms with Crippen LogP contribution in [0.25, 0.3) is 0 Å². The van der Waals surface area contributed by atoms with Crippen molar-refractivity contribution in [3.8, 4) is 17.2 Å². The lowest BCUT2D eigenvalue weighted by Gasteiger charge is -2.11. The lowest BCUT2D eigenvalue weighted by atomic mass is 10.1. The van der Waals surface area contributed by atoms with E-state index in [9.17, 15) is 0 Å². The second-order valence-electron chi connectivity index (χ2n) is 6.25. The Labute approximate surface area is 179 Å². The monoisotopic (exact) mass is 492 g/mol. The molecule has 0 spiro atoms. The summed E-state index contributed by atoms with van der Waals surface area (Å²) < 4.78 is 13.0. The van der Waals surface area contributed by atoms with Gasteiger partial charge in [-0.15, -0.1) is 0 Å². The van der Waals surface area contributed by atoms with Gasteiger partial charge in [0.1, 0.15) is 23.9 Å². The first-order chi connectivity index (χ1) is 13.2. The van der Waals surface area contributed by atoms with Crippen LogP contribution in [0, 0.1) is 0 Å². The number of hydrogen-bond acceptors (Lipinski definition) is 2. The van der Waals surface area contributed by atoms with E-state index in [0.717, 1.165) is 40.7 Å². The summed E-state index contributed by atoms with van der Waals surface area (Å²) in [5.74, 6) is 2.24. The first-order valence-electron chi connectivity index (χ1n) is 9.03. The molecule has 2 nitrogen and oxygen atoms in total. The molecule has 0 radical (unpaired) electrons. The van der Waals surface area contributed by atoms with Crippen LogP contribution in [-0.2, 0) is 13.0 Å². The van der Waals surface area contributed by atoms with Gasteiger partial charge in [0.2, 0.25) is 0 Å². The van der Waals surface area contributed by atoms with E-state index in [0.29, 0.717) is 6.61 Å². The molecule has 0 N–H and O–H groups in total. The number of aryl methyl sites for hydroxylation is 1. The number of ether oxygens (including phenoxy) is 2. The summed E-state index contributed by atoms with van der Waals surface area (Å²) in [4.78, 5) is 0. The third-order valence-corrected chi connectivity index (χ3v) is 5.26. The number of hydrogen-bond donors (Lipinski definition) is 0. The highest BCUT2D eigenvalue weighted by Crippen LogP contribution is 2.29. The third-order valence-electron chi connectivity index (χ3n) is 4.14. The van der Waals surface area contributed by atoms with E-state index in [-0.39, 0.29) is 0 Å². The van der Waals surface area contributed by atoms with Gasteiger partial charge in [0, 0.05) is 11.1 Å². The average molecular weight is 493 g/mol. The minimum atomic E-state index is 0.530. The van der Waals surface area contributed by atoms with E-state index in [4.69, 9.17) is 21.1 Å². The molecule has 0 unspecified atom stereocenters. The topological polar surface area (TPSA) is 18.5 Å². The number of alkyl halides is 1. The zero-order valence-corrected chi connectivity index (χ0v) is 17.9. The fraction of sp³-hybridized carbons (Fsp3) is 0.217. The van der Waals surface area contributed by atoms with Crippen molar-refractivity contribution in [2.24, 2.45) is 0 Å². The lowest BCUT2D eigenvalue weighted by molar-refractivity contribution is 0.304. The highest BCUT2D eigenvalue weighted by molar-refractivity contribution is 14.1. The highest BCUT2D eigenvalue weighted by Gasteiger charge is 2.05. The van der Waals surface area contributed by atoms with Gasteiger partial charge >= 0.3 is 0 Å². The molecule has 0 heterocycles. The van der Waals surface area contributed by atoms with Crippen LogP contribution in [0.4, 0.5) is 0 Å². The molecular weight excluding hydrogens is 471 g/mol. The minimum absolute atomic E-state index is 0.530. The Bertz CT molecular complexity index is 852. The van der Waals surface area contributed by atoms with Crippen molar-refractivity contribution in [3.05, 3.63) is 88.9 Å². The third kappa shape index (κ3) is 6.43. The molecule has 140 valence electrons. The Morgan fingerprint density at radius 2 is 1.56 bits per heavy atom. The SMILES string of the molecule is Clc1cc(Oc2cccc(OCc3ccccc3)c2)ccc1CCCCI. The second-order valence-corrected chi connectivity index (χ2v) is 7.74. The van der Waals surface area contributed by atoms with Crippen LogP contribution in [0.2, 0.25) is 5.02 Å². The summed E-state index contributed by atoms with van der Waals surface area (Å²) >= 11 is 8.82. The summed E-state index contributed by atoms with van der Waals surface area (Å²) in [6.45, 7) is 0.530. The number of rotatable bonds is 9. The van der Waals surface area contributed by atoms with Crippen LogP contribution in [-0.4, -0.2) is 4.43 Å². The molecule has 3 rings (SSSR count). The van der Waals surface area contributed by atoms with Gasteiger partial charge in [-0.05, 0) is 59.1 Å². The van der Waals surface area contributed by atoms with Crippen molar-refractivity contribution >= 4 is 34.2 Å². The van der Waals surface area contributed by atoms with E-state index in [1.54, 1.807) is 0 Å². The first-order valence-corrected chi connectivity index (χ1v) is 10.9. The highest BCUT2D eigenvalue weighted by atomic mass is 127. The quantitative estimate of drug-likeness (QED) is 0.175. The lowest BCUT2D eigenvalue weighted by Crippen LogP contribution is -1.95. The van der Waals surface area contributed by atoms with Gasteiger partial charge in [-0.25, -0.2) is 0 Å². The van der Waals surface area contributed by atoms with E-state index >= 15 is 0 Å². The van der Waals surface area contributed by atoms with E-state index in [2.05, 4.69) is 28.7 Å². The molecule has 0 amide bonds. The Kier molecular flexibility index (Phi) is 7.84. The van der Waals surface area contributed by atoms with Gasteiger partial charge in [0.25, 0.3) is 0 Å². The van der Waals surface area contributed by atoms with Crippen LogP contribution in [0.1, 0.15) is 24.0 Å². The molecule has 4 heteroatoms. The number of benzene rings is 3. The smallest absolute Gasteiger partial charge is 0.131 e. The van der Waals surface area contributed by atoms with Gasteiger partial charge in [-0.2, -0.15) is 0 Å². The van der Waals surface area contributed by atoms with Gasteiger partial charge in [-0.3, -0.25) is 0 Å². The van der Waals surface area contributed by atoms with Crippen LogP contribution in [0.3, 0.4) is 0 Å². The van der Waals surface area contributed by atoms with Crippen LogP contribution in [0.5, 0.6) is 17.2 Å². The van der Waals surface area contributed by atoms with Crippen molar-refractivity contribution in [3.63, 3.8) is 0 Å². The molecular formula is C23H22ClIO2. The molecule has 0 fully saturated rings. The van der Waals surface area contributed by atoms with Gasteiger partial charge in [0.05, 0.1) is 0 Å². The maximum Gasteiger partial charge on any atom is 0.131 e. The summed E-state index contributed by atoms with van der Waals surface area (Å²) in [5, 5.41) is 0.762. The molecule has 0 aliphatic heterocycles. The summed E-state index contributed by atoms with van der Waals surface area (Å²) in [7, 11) is 0. The van der Waals surface area contributed by atoms with Crippen LogP contribution >= 0.6 is 34.2 Å². The van der Waals surface area contributed by atoms with Crippen molar-refractivity contribution in [2.45, 2.75) is 25.9 Å². The molecule has 0 atom stereocenters. The number of unbranched alkanes of at least 4 members (excludes halogenated alkanes) is 1. The molecule has 3 aromatic rings. The predicted octanol–water partition coefficient (Wildman–Crippen LogP) is 7.47. The average Bonchev–Trinajstić information content (AvgIpc) is 2.69. The van der Waals surface area contributed by atoms with E-state index in [1.807, 2.05) is 66.7 Å². The largest absolute Gasteiger partial charge is 0.489 e. The fourth-order valence-corrected chi connectivity index (χ4v) is 3.51. The maximum absolute atomic E-state index is 6.42. The Morgan fingerprint density at radius 1 is 0.778 bits per heavy atom. The molecule has 0 aliphatic carbocycles. The van der Waals surface area contributed by atoms with Gasteiger partial charge in [0.15, 0.2) is 0 Å². The summed E-state index contributed by atoms with van der Waals surface area (Å²) in [5.41, 5.74) is 2.31. The number of halogens is 2. The molecule has 0 bridgehead atoms. The molecule has 0 saturated carbocycles. The Balaban J connectivity index is 1.61. The normalized spacial score (nSPS) is 10.6. The Morgan fingerprint density at radius 3 is 2.33 bits per heavy atom. The predicted molar refractivity (Wildman–Crippen MR) is 121 cm³/mol. The summed E-state index contributed by atoms with van der Waals surface area (Å²) in [6, 6.07) is 23.7. The standard InChI is InChI=1S/C23H22ClIO2/c24-23-16-22(13-12-19(23)9-4-5-14-25)27-21-11-6-10-20(15-21)26-17-18-7-2-1-3-8-18/h1-3,6-8,10-13,15-16H,4-5,9,14,17H2. The van der Waals surface area contributed by atoms with Crippen molar-refractivity contribution < 1.29 is 9.47 Å². The summed E-state index contributed by atoms with van der Waals surface area (Å²) in [6.07, 6.45) is 3.37. The van der Waals surface area contributed by atoms with Crippen molar-refractivity contribution in [1.82, 2.24) is 0 Å². The van der Waals surface area contributed by atoms with Gasteiger partial charge < -0.3 is 9.47 Å². The van der Waals surface area contributed by atoms with Crippen LogP contribution < -0.4 is 9.47 Å². The fourth-order valence-electron chi connectivity index (χ4n) is 2.71. The van der Waals surface area contributed by atoms with Crippen LogP contribution in [0.15, 0.2) is 72.8 Å².